The highest BCUT2D eigenvalue weighted by Crippen LogP contribution is 2.34. The van der Waals surface area contributed by atoms with Gasteiger partial charge in [-0.25, -0.2) is 0 Å². The van der Waals surface area contributed by atoms with E-state index < -0.39 is 23.7 Å². The van der Waals surface area contributed by atoms with Crippen molar-refractivity contribution in [3.63, 3.8) is 0 Å². The van der Waals surface area contributed by atoms with Gasteiger partial charge >= 0.3 is 5.97 Å². The second kappa shape index (κ2) is 8.57. The highest BCUT2D eigenvalue weighted by Gasteiger charge is 2.36. The topological polar surface area (TPSA) is 82.1 Å². The first-order valence-electron chi connectivity index (χ1n) is 7.63. The zero-order valence-corrected chi connectivity index (χ0v) is 15.1. The van der Waals surface area contributed by atoms with Gasteiger partial charge in [-0.15, -0.1) is 0 Å². The Bertz CT molecular complexity index is 715. The minimum absolute atomic E-state index is 0.234. The number of carbonyl (C=O) groups excluding carboxylic acids is 3. The van der Waals surface area contributed by atoms with E-state index in [1.807, 2.05) is 6.92 Å². The van der Waals surface area contributed by atoms with E-state index in [1.54, 1.807) is 24.3 Å². The molecule has 1 heterocycles. The van der Waals surface area contributed by atoms with Crippen LogP contribution in [0.4, 0.5) is 4.79 Å². The number of ether oxygens (including phenoxy) is 3. The van der Waals surface area contributed by atoms with Crippen LogP contribution in [-0.4, -0.2) is 49.4 Å². The number of amides is 2. The van der Waals surface area contributed by atoms with Crippen LogP contribution in [0.25, 0.3) is 6.08 Å². The van der Waals surface area contributed by atoms with Crippen molar-refractivity contribution >= 4 is 35.0 Å². The van der Waals surface area contributed by atoms with Crippen LogP contribution in [0.5, 0.6) is 11.5 Å². The third-order valence-electron chi connectivity index (χ3n) is 3.34. The molecule has 0 N–H and O–H groups in total. The smallest absolute Gasteiger partial charge is 0.325 e. The van der Waals surface area contributed by atoms with Crippen LogP contribution in [-0.2, 0) is 14.3 Å². The van der Waals surface area contributed by atoms with Crippen LogP contribution in [0, 0.1) is 0 Å². The molecular formula is C17H19NO6S. The Kier molecular flexibility index (Phi) is 6.46. The van der Waals surface area contributed by atoms with Gasteiger partial charge in [-0.05, 0) is 42.0 Å². The molecule has 0 saturated carbocycles. The number of hydrogen-bond acceptors (Lipinski definition) is 7. The summed E-state index contributed by atoms with van der Waals surface area (Å²) >= 11 is 0.779. The summed E-state index contributed by atoms with van der Waals surface area (Å²) in [6.45, 7) is 2.18. The maximum Gasteiger partial charge on any atom is 0.325 e. The minimum atomic E-state index is -0.650. The number of rotatable bonds is 7. The predicted molar refractivity (Wildman–Crippen MR) is 93.5 cm³/mol. The Morgan fingerprint density at radius 3 is 2.64 bits per heavy atom. The average Bonchev–Trinajstić information content (AvgIpc) is 2.87. The van der Waals surface area contributed by atoms with Crippen molar-refractivity contribution in [3.05, 3.63) is 28.7 Å². The molecule has 1 aliphatic heterocycles. The third-order valence-corrected chi connectivity index (χ3v) is 4.24. The number of methoxy groups -OCH3 is 2. The van der Waals surface area contributed by atoms with E-state index in [4.69, 9.17) is 9.47 Å². The van der Waals surface area contributed by atoms with E-state index in [-0.39, 0.29) is 4.91 Å². The molecule has 0 aromatic heterocycles. The van der Waals surface area contributed by atoms with Crippen LogP contribution in [0.15, 0.2) is 23.1 Å². The monoisotopic (exact) mass is 365 g/mol. The first kappa shape index (κ1) is 18.9. The molecule has 7 nitrogen and oxygen atoms in total. The zero-order chi connectivity index (χ0) is 18.4. The Labute approximate surface area is 149 Å². The second-order valence-electron chi connectivity index (χ2n) is 5.10. The Balaban J connectivity index is 2.21. The van der Waals surface area contributed by atoms with Gasteiger partial charge in [-0.1, -0.05) is 13.0 Å². The molecule has 1 fully saturated rings. The predicted octanol–water partition coefficient (Wildman–Crippen LogP) is 2.69. The standard InChI is InChI=1S/C17H19NO6S/c1-4-7-24-12-6-5-11(8-13(12)22-2)9-14-16(20)18(17(21)25-14)10-15(19)23-3/h5-6,8-9H,4,7,10H2,1-3H3/b14-9-. The summed E-state index contributed by atoms with van der Waals surface area (Å²) in [5.74, 6) is -0.0235. The molecule has 2 amide bonds. The summed E-state index contributed by atoms with van der Waals surface area (Å²) in [7, 11) is 2.73. The van der Waals surface area contributed by atoms with E-state index in [9.17, 15) is 14.4 Å². The van der Waals surface area contributed by atoms with Crippen molar-refractivity contribution in [2.75, 3.05) is 27.4 Å². The van der Waals surface area contributed by atoms with Gasteiger partial charge in [-0.2, -0.15) is 0 Å². The average molecular weight is 365 g/mol. The van der Waals surface area contributed by atoms with E-state index in [1.165, 1.54) is 14.2 Å². The molecule has 0 atom stereocenters. The van der Waals surface area contributed by atoms with Gasteiger partial charge in [0.25, 0.3) is 11.1 Å². The molecule has 0 bridgehead atoms. The number of thioether (sulfide) groups is 1. The number of nitrogens with zero attached hydrogens (tertiary/aromatic N) is 1. The Hall–Kier alpha value is -2.48. The Morgan fingerprint density at radius 1 is 1.24 bits per heavy atom. The maximum absolute atomic E-state index is 12.3. The van der Waals surface area contributed by atoms with Gasteiger partial charge in [0.15, 0.2) is 11.5 Å². The number of benzene rings is 1. The molecule has 1 saturated heterocycles. The van der Waals surface area contributed by atoms with E-state index >= 15 is 0 Å². The van der Waals surface area contributed by atoms with Crippen molar-refractivity contribution in [3.8, 4) is 11.5 Å². The molecule has 0 spiro atoms. The van der Waals surface area contributed by atoms with Crippen LogP contribution in [0.2, 0.25) is 0 Å². The van der Waals surface area contributed by atoms with Crippen molar-refractivity contribution in [1.82, 2.24) is 4.90 Å². The largest absolute Gasteiger partial charge is 0.493 e. The molecule has 2 rings (SSSR count). The summed E-state index contributed by atoms with van der Waals surface area (Å²) in [5.41, 5.74) is 0.685. The fourth-order valence-corrected chi connectivity index (χ4v) is 2.92. The molecular weight excluding hydrogens is 346 g/mol. The summed E-state index contributed by atoms with van der Waals surface area (Å²) in [4.78, 5) is 36.6. The molecule has 8 heteroatoms. The fourth-order valence-electron chi connectivity index (χ4n) is 2.09. The minimum Gasteiger partial charge on any atom is -0.493 e. The molecule has 1 aromatic carbocycles. The van der Waals surface area contributed by atoms with E-state index in [2.05, 4.69) is 4.74 Å². The highest BCUT2D eigenvalue weighted by atomic mass is 32.2. The molecule has 0 radical (unpaired) electrons. The van der Waals surface area contributed by atoms with Gasteiger partial charge in [0.1, 0.15) is 6.54 Å². The maximum atomic E-state index is 12.3. The first-order valence-corrected chi connectivity index (χ1v) is 8.44. The summed E-state index contributed by atoms with van der Waals surface area (Å²) in [6.07, 6.45) is 2.45. The molecule has 0 aliphatic carbocycles. The first-order chi connectivity index (χ1) is 12.0. The summed E-state index contributed by atoms with van der Waals surface area (Å²) < 4.78 is 15.4. The normalized spacial score (nSPS) is 15.6. The van der Waals surface area contributed by atoms with Gasteiger partial charge < -0.3 is 14.2 Å². The quantitative estimate of drug-likeness (QED) is 0.543. The number of hydrogen-bond donors (Lipinski definition) is 0. The lowest BCUT2D eigenvalue weighted by atomic mass is 10.2. The van der Waals surface area contributed by atoms with E-state index in [0.29, 0.717) is 23.7 Å². The summed E-state index contributed by atoms with van der Waals surface area (Å²) in [5, 5.41) is -0.503. The third kappa shape index (κ3) is 4.54. The van der Waals surface area contributed by atoms with E-state index in [0.717, 1.165) is 23.1 Å². The second-order valence-corrected chi connectivity index (χ2v) is 6.10. The van der Waals surface area contributed by atoms with Crippen LogP contribution < -0.4 is 9.47 Å². The highest BCUT2D eigenvalue weighted by molar-refractivity contribution is 8.18. The van der Waals surface area contributed by atoms with Crippen LogP contribution in [0.3, 0.4) is 0 Å². The molecule has 0 unspecified atom stereocenters. The molecule has 25 heavy (non-hydrogen) atoms. The van der Waals surface area contributed by atoms with Crippen molar-refractivity contribution in [1.29, 1.82) is 0 Å². The van der Waals surface area contributed by atoms with Gasteiger partial charge in [0.05, 0.1) is 25.7 Å². The molecule has 1 aliphatic rings. The van der Waals surface area contributed by atoms with Crippen molar-refractivity contribution < 1.29 is 28.6 Å². The molecule has 134 valence electrons. The van der Waals surface area contributed by atoms with Crippen LogP contribution >= 0.6 is 11.8 Å². The van der Waals surface area contributed by atoms with Crippen molar-refractivity contribution in [2.24, 2.45) is 0 Å². The SMILES string of the molecule is CCCOc1ccc(/C=C2\SC(=O)N(CC(=O)OC)C2=O)cc1OC. The van der Waals surface area contributed by atoms with Gasteiger partial charge in [0.2, 0.25) is 0 Å². The molecule has 1 aromatic rings. The lowest BCUT2D eigenvalue weighted by Crippen LogP contribution is -2.34. The van der Waals surface area contributed by atoms with Gasteiger partial charge in [0, 0.05) is 0 Å². The lowest BCUT2D eigenvalue weighted by Gasteiger charge is -2.11. The van der Waals surface area contributed by atoms with Crippen molar-refractivity contribution in [2.45, 2.75) is 13.3 Å². The zero-order valence-electron chi connectivity index (χ0n) is 14.2. The summed E-state index contributed by atoms with van der Waals surface area (Å²) in [6, 6.07) is 5.24. The lowest BCUT2D eigenvalue weighted by molar-refractivity contribution is -0.143. The number of esters is 1. The Morgan fingerprint density at radius 2 is 2.00 bits per heavy atom. The number of carbonyl (C=O) groups is 3. The van der Waals surface area contributed by atoms with Crippen LogP contribution in [0.1, 0.15) is 18.9 Å². The number of imide groups is 1. The fraction of sp³-hybridized carbons (Fsp3) is 0.353. The van der Waals surface area contributed by atoms with Gasteiger partial charge in [-0.3, -0.25) is 19.3 Å².